The summed E-state index contributed by atoms with van der Waals surface area (Å²) in [6.45, 7) is 3.98. The third kappa shape index (κ3) is 2.88. The van der Waals surface area contributed by atoms with Gasteiger partial charge in [0.05, 0.1) is 6.20 Å². The van der Waals surface area contributed by atoms with Gasteiger partial charge in [-0.3, -0.25) is 0 Å². The number of rotatable bonds is 2. The maximum absolute atomic E-state index is 14.8. The van der Waals surface area contributed by atoms with Crippen LogP contribution in [0.3, 0.4) is 0 Å². The molecule has 0 radical (unpaired) electrons. The van der Waals surface area contributed by atoms with Gasteiger partial charge in [-0.15, -0.1) is 0 Å². The van der Waals surface area contributed by atoms with Gasteiger partial charge in [-0.1, -0.05) is 6.92 Å². The van der Waals surface area contributed by atoms with Crippen LogP contribution in [-0.4, -0.2) is 22.9 Å². The van der Waals surface area contributed by atoms with E-state index in [1.807, 2.05) is 0 Å². The molecule has 1 aromatic carbocycles. The van der Waals surface area contributed by atoms with Crippen LogP contribution in [0.25, 0.3) is 10.9 Å². The fourth-order valence-corrected chi connectivity index (χ4v) is 3.78. The molecule has 124 valence electrons. The third-order valence-electron chi connectivity index (χ3n) is 5.16. The Morgan fingerprint density at radius 3 is 2.91 bits per heavy atom. The van der Waals surface area contributed by atoms with Crippen LogP contribution < -0.4 is 5.32 Å². The van der Waals surface area contributed by atoms with Gasteiger partial charge in [0.2, 0.25) is 0 Å². The van der Waals surface area contributed by atoms with Crippen LogP contribution in [0.2, 0.25) is 0 Å². The van der Waals surface area contributed by atoms with E-state index >= 15 is 0 Å². The fraction of sp³-hybridized carbons (Fsp3) is 0.611. The standard InChI is InChI=1S/C18H24FN3O/c1-12-5-6-16(20-10-12)13-8-14-11-21-22(18(14)15(19)9-13)17-4-2-3-7-23-17/h8-9,11-12,16-17,20H,2-7,10H2,1H3/t12-,16+,17?/m0/s1. The zero-order valence-corrected chi connectivity index (χ0v) is 13.6. The Kier molecular flexibility index (Phi) is 4.07. The van der Waals surface area contributed by atoms with Gasteiger partial charge in [-0.25, -0.2) is 9.07 Å². The van der Waals surface area contributed by atoms with E-state index in [-0.39, 0.29) is 18.1 Å². The van der Waals surface area contributed by atoms with Gasteiger partial charge in [-0.2, -0.15) is 5.10 Å². The van der Waals surface area contributed by atoms with Gasteiger partial charge in [0.25, 0.3) is 0 Å². The van der Waals surface area contributed by atoms with Crippen molar-refractivity contribution in [3.63, 3.8) is 0 Å². The molecule has 2 aromatic rings. The predicted octanol–water partition coefficient (Wildman–Crippen LogP) is 3.94. The lowest BCUT2D eigenvalue weighted by Gasteiger charge is -2.28. The lowest BCUT2D eigenvalue weighted by Crippen LogP contribution is -2.31. The van der Waals surface area contributed by atoms with E-state index in [1.54, 1.807) is 16.9 Å². The summed E-state index contributed by atoms with van der Waals surface area (Å²) >= 11 is 0. The van der Waals surface area contributed by atoms with E-state index in [4.69, 9.17) is 4.74 Å². The molecule has 4 nitrogen and oxygen atoms in total. The van der Waals surface area contributed by atoms with Crippen molar-refractivity contribution in [3.05, 3.63) is 29.7 Å². The number of aromatic nitrogens is 2. The number of nitrogens with zero attached hydrogens (tertiary/aromatic N) is 2. The maximum Gasteiger partial charge on any atom is 0.150 e. The van der Waals surface area contributed by atoms with Crippen LogP contribution in [0, 0.1) is 11.7 Å². The van der Waals surface area contributed by atoms with E-state index < -0.39 is 0 Å². The molecule has 2 fully saturated rings. The monoisotopic (exact) mass is 317 g/mol. The van der Waals surface area contributed by atoms with E-state index in [2.05, 4.69) is 23.4 Å². The quantitative estimate of drug-likeness (QED) is 0.912. The Morgan fingerprint density at radius 2 is 2.17 bits per heavy atom. The van der Waals surface area contributed by atoms with Crippen LogP contribution >= 0.6 is 0 Å². The molecule has 1 aromatic heterocycles. The summed E-state index contributed by atoms with van der Waals surface area (Å²) in [5, 5.41) is 8.81. The maximum atomic E-state index is 14.8. The highest BCUT2D eigenvalue weighted by atomic mass is 19.1. The Labute approximate surface area is 136 Å². The Morgan fingerprint density at radius 1 is 1.26 bits per heavy atom. The third-order valence-corrected chi connectivity index (χ3v) is 5.16. The molecule has 3 heterocycles. The van der Waals surface area contributed by atoms with Crippen LogP contribution in [0.15, 0.2) is 18.3 Å². The average molecular weight is 317 g/mol. The van der Waals surface area contributed by atoms with Crippen molar-refractivity contribution in [1.82, 2.24) is 15.1 Å². The smallest absolute Gasteiger partial charge is 0.150 e. The first-order chi connectivity index (χ1) is 11.2. The summed E-state index contributed by atoms with van der Waals surface area (Å²) in [7, 11) is 0. The summed E-state index contributed by atoms with van der Waals surface area (Å²) in [6, 6.07) is 4.01. The second-order valence-electron chi connectivity index (χ2n) is 6.99. The Hall–Kier alpha value is -1.46. The van der Waals surface area contributed by atoms with Crippen molar-refractivity contribution in [3.8, 4) is 0 Å². The van der Waals surface area contributed by atoms with Crippen molar-refractivity contribution < 1.29 is 9.13 Å². The lowest BCUT2D eigenvalue weighted by molar-refractivity contribution is -0.0369. The number of ether oxygens (including phenoxy) is 1. The first kappa shape index (κ1) is 15.1. The van der Waals surface area contributed by atoms with Crippen molar-refractivity contribution in [1.29, 1.82) is 0 Å². The number of piperidine rings is 1. The molecule has 1 unspecified atom stereocenters. The van der Waals surface area contributed by atoms with Crippen LogP contribution in [0.5, 0.6) is 0 Å². The first-order valence-corrected chi connectivity index (χ1v) is 8.74. The zero-order chi connectivity index (χ0) is 15.8. The van der Waals surface area contributed by atoms with E-state index in [1.165, 1.54) is 6.42 Å². The van der Waals surface area contributed by atoms with Crippen LogP contribution in [0.1, 0.15) is 56.9 Å². The lowest BCUT2D eigenvalue weighted by atomic mass is 9.91. The number of nitrogens with one attached hydrogen (secondary N) is 1. The molecule has 0 aliphatic carbocycles. The van der Waals surface area contributed by atoms with Crippen molar-refractivity contribution in [2.45, 2.75) is 51.3 Å². The Balaban J connectivity index is 1.66. The molecule has 4 rings (SSSR count). The normalized spacial score (nSPS) is 29.0. The number of fused-ring (bicyclic) bond motifs is 1. The molecule has 2 aliphatic rings. The minimum absolute atomic E-state index is 0.129. The minimum atomic E-state index is -0.190. The molecule has 3 atom stereocenters. The van der Waals surface area contributed by atoms with Crippen molar-refractivity contribution in [2.75, 3.05) is 13.2 Å². The zero-order valence-electron chi connectivity index (χ0n) is 13.6. The van der Waals surface area contributed by atoms with Gasteiger partial charge in [0.15, 0.2) is 6.23 Å². The largest absolute Gasteiger partial charge is 0.356 e. The fourth-order valence-electron chi connectivity index (χ4n) is 3.78. The number of benzene rings is 1. The minimum Gasteiger partial charge on any atom is -0.356 e. The van der Waals surface area contributed by atoms with E-state index in [0.29, 0.717) is 11.4 Å². The summed E-state index contributed by atoms with van der Waals surface area (Å²) in [5.74, 6) is 0.510. The molecule has 0 amide bonds. The molecular weight excluding hydrogens is 293 g/mol. The first-order valence-electron chi connectivity index (χ1n) is 8.74. The molecule has 1 N–H and O–H groups in total. The topological polar surface area (TPSA) is 39.1 Å². The average Bonchev–Trinajstić information content (AvgIpc) is 3.01. The number of hydrogen-bond donors (Lipinski definition) is 1. The van der Waals surface area contributed by atoms with Gasteiger partial charge < -0.3 is 10.1 Å². The number of halogens is 1. The summed E-state index contributed by atoms with van der Waals surface area (Å²) < 4.78 is 22.3. The molecule has 0 saturated carbocycles. The predicted molar refractivity (Wildman–Crippen MR) is 87.7 cm³/mol. The number of hydrogen-bond acceptors (Lipinski definition) is 3. The van der Waals surface area contributed by atoms with Gasteiger partial charge >= 0.3 is 0 Å². The van der Waals surface area contributed by atoms with E-state index in [9.17, 15) is 4.39 Å². The summed E-state index contributed by atoms with van der Waals surface area (Å²) in [6.07, 6.45) is 6.98. The molecule has 23 heavy (non-hydrogen) atoms. The van der Waals surface area contributed by atoms with Crippen LogP contribution in [0.4, 0.5) is 4.39 Å². The summed E-state index contributed by atoms with van der Waals surface area (Å²) in [4.78, 5) is 0. The molecule has 0 bridgehead atoms. The summed E-state index contributed by atoms with van der Waals surface area (Å²) in [5.41, 5.74) is 1.61. The second-order valence-corrected chi connectivity index (χ2v) is 6.99. The van der Waals surface area contributed by atoms with Crippen molar-refractivity contribution >= 4 is 10.9 Å². The van der Waals surface area contributed by atoms with Crippen LogP contribution in [-0.2, 0) is 4.74 Å². The highest BCUT2D eigenvalue weighted by molar-refractivity contribution is 5.80. The molecule has 2 aliphatic heterocycles. The molecular formula is C18H24FN3O. The SMILES string of the molecule is C[C@H]1CC[C@H](c2cc(F)c3c(cnn3C3CCCCO3)c2)NC1. The van der Waals surface area contributed by atoms with E-state index in [0.717, 1.165) is 49.8 Å². The molecule has 2 saturated heterocycles. The molecule has 0 spiro atoms. The highest BCUT2D eigenvalue weighted by Gasteiger charge is 2.23. The Bertz CT molecular complexity index is 685. The van der Waals surface area contributed by atoms with Crippen molar-refractivity contribution in [2.24, 2.45) is 5.92 Å². The van der Waals surface area contributed by atoms with Gasteiger partial charge in [0.1, 0.15) is 11.3 Å². The second kappa shape index (κ2) is 6.21. The molecule has 5 heteroatoms. The van der Waals surface area contributed by atoms with Gasteiger partial charge in [-0.05, 0) is 62.3 Å². The van der Waals surface area contributed by atoms with Gasteiger partial charge in [0, 0.05) is 18.0 Å². The highest BCUT2D eigenvalue weighted by Crippen LogP contribution is 2.32.